The van der Waals surface area contributed by atoms with Crippen LogP contribution in [0, 0.1) is 5.92 Å². The molecule has 1 atom stereocenters. The van der Waals surface area contributed by atoms with Gasteiger partial charge in [-0.25, -0.2) is 14.4 Å². The number of fused-ring (bicyclic) bond motifs is 3. The summed E-state index contributed by atoms with van der Waals surface area (Å²) in [5, 5.41) is 12.1. The Balaban J connectivity index is 1.33. The zero-order valence-electron chi connectivity index (χ0n) is 20.3. The summed E-state index contributed by atoms with van der Waals surface area (Å²) < 4.78 is 10.9. The van der Waals surface area contributed by atoms with E-state index in [0.29, 0.717) is 25.9 Å². The fraction of sp³-hybridized carbons (Fsp3) is 0.444. The first-order chi connectivity index (χ1) is 16.6. The lowest BCUT2D eigenvalue weighted by molar-refractivity contribution is -0.141. The third-order valence-corrected chi connectivity index (χ3v) is 6.54. The standard InChI is InChI=1S/C27H32N2O6/c1-27(2,3)35-25(32)28-23(24(30)31)17-12-14-29(15-13-17)26(33)34-16-22-20-10-6-4-8-18(20)19-9-5-7-11-21(19)22/h4-11,17,22-23H,12-16H2,1-3H3,(H,28,32)(H,30,31). The van der Waals surface area contributed by atoms with Crippen LogP contribution in [0.3, 0.4) is 0 Å². The number of likely N-dealkylation sites (tertiary alicyclic amines) is 1. The van der Waals surface area contributed by atoms with Gasteiger partial charge in [-0.15, -0.1) is 0 Å². The largest absolute Gasteiger partial charge is 0.480 e. The number of amides is 2. The number of benzene rings is 2. The number of ether oxygens (including phenoxy) is 2. The Kier molecular flexibility index (Phi) is 7.00. The SMILES string of the molecule is CC(C)(C)OC(=O)NC(C(=O)O)C1CCN(C(=O)OCC2c3ccccc3-c3ccccc32)CC1. The molecule has 8 nitrogen and oxygen atoms in total. The van der Waals surface area contributed by atoms with Crippen molar-refractivity contribution in [3.8, 4) is 11.1 Å². The van der Waals surface area contributed by atoms with Crippen LogP contribution in [0.25, 0.3) is 11.1 Å². The van der Waals surface area contributed by atoms with E-state index in [2.05, 4.69) is 29.6 Å². The van der Waals surface area contributed by atoms with E-state index in [0.717, 1.165) is 11.1 Å². The van der Waals surface area contributed by atoms with Gasteiger partial charge in [0.25, 0.3) is 0 Å². The first kappa shape index (κ1) is 24.6. The molecule has 2 N–H and O–H groups in total. The number of piperidine rings is 1. The number of carboxylic acids is 1. The molecule has 35 heavy (non-hydrogen) atoms. The van der Waals surface area contributed by atoms with Gasteiger partial charge in [0.1, 0.15) is 18.2 Å². The molecule has 0 bridgehead atoms. The van der Waals surface area contributed by atoms with Crippen molar-refractivity contribution in [2.75, 3.05) is 19.7 Å². The topological polar surface area (TPSA) is 105 Å². The van der Waals surface area contributed by atoms with Crippen LogP contribution < -0.4 is 5.32 Å². The average molecular weight is 481 g/mol. The van der Waals surface area contributed by atoms with Crippen LogP contribution in [0.15, 0.2) is 48.5 Å². The molecule has 2 aromatic rings. The van der Waals surface area contributed by atoms with E-state index in [1.165, 1.54) is 11.1 Å². The minimum atomic E-state index is -1.12. The lowest BCUT2D eigenvalue weighted by Gasteiger charge is -2.34. The van der Waals surface area contributed by atoms with E-state index >= 15 is 0 Å². The third kappa shape index (κ3) is 5.58. The Hall–Kier alpha value is -3.55. The molecule has 4 rings (SSSR count). The lowest BCUT2D eigenvalue weighted by atomic mass is 9.89. The van der Waals surface area contributed by atoms with E-state index in [1.807, 2.05) is 24.3 Å². The predicted octanol–water partition coefficient (Wildman–Crippen LogP) is 4.63. The summed E-state index contributed by atoms with van der Waals surface area (Å²) in [5.74, 6) is -1.44. The molecule has 1 aliphatic heterocycles. The van der Waals surface area contributed by atoms with Crippen molar-refractivity contribution >= 4 is 18.2 Å². The average Bonchev–Trinajstić information content (AvgIpc) is 3.13. The Labute approximate surface area is 205 Å². The second-order valence-corrected chi connectivity index (χ2v) is 10.1. The van der Waals surface area contributed by atoms with Crippen LogP contribution in [0.4, 0.5) is 9.59 Å². The molecule has 0 spiro atoms. The Bertz CT molecular complexity index is 1060. The van der Waals surface area contributed by atoms with Crippen LogP contribution in [-0.2, 0) is 14.3 Å². The molecule has 1 saturated heterocycles. The fourth-order valence-electron chi connectivity index (χ4n) is 4.92. The van der Waals surface area contributed by atoms with Gasteiger partial charge in [0.15, 0.2) is 0 Å². The van der Waals surface area contributed by atoms with Gasteiger partial charge < -0.3 is 24.8 Å². The predicted molar refractivity (Wildman–Crippen MR) is 130 cm³/mol. The van der Waals surface area contributed by atoms with Gasteiger partial charge in [-0.3, -0.25) is 0 Å². The second-order valence-electron chi connectivity index (χ2n) is 10.1. The fourth-order valence-corrected chi connectivity index (χ4v) is 4.92. The summed E-state index contributed by atoms with van der Waals surface area (Å²) in [6, 6.07) is 15.3. The first-order valence-corrected chi connectivity index (χ1v) is 12.0. The maximum Gasteiger partial charge on any atom is 0.409 e. The molecule has 0 saturated carbocycles. The number of carbonyl (C=O) groups is 3. The van der Waals surface area contributed by atoms with Gasteiger partial charge in [-0.2, -0.15) is 0 Å². The van der Waals surface area contributed by atoms with Crippen molar-refractivity contribution in [3.63, 3.8) is 0 Å². The zero-order valence-corrected chi connectivity index (χ0v) is 20.3. The normalized spacial score (nSPS) is 16.7. The van der Waals surface area contributed by atoms with Crippen LogP contribution in [0.5, 0.6) is 0 Å². The van der Waals surface area contributed by atoms with Crippen molar-refractivity contribution in [2.24, 2.45) is 5.92 Å². The highest BCUT2D eigenvalue weighted by atomic mass is 16.6. The summed E-state index contributed by atoms with van der Waals surface area (Å²) in [6.45, 7) is 6.12. The monoisotopic (exact) mass is 480 g/mol. The number of hydrogen-bond donors (Lipinski definition) is 2. The van der Waals surface area contributed by atoms with Crippen LogP contribution in [0.1, 0.15) is 50.7 Å². The molecule has 2 aromatic carbocycles. The summed E-state index contributed by atoms with van der Waals surface area (Å²) in [6.07, 6.45) is -0.283. The maximum absolute atomic E-state index is 12.8. The van der Waals surface area contributed by atoms with Crippen molar-refractivity contribution in [2.45, 2.75) is 51.2 Å². The van der Waals surface area contributed by atoms with Crippen molar-refractivity contribution in [1.82, 2.24) is 10.2 Å². The van der Waals surface area contributed by atoms with Gasteiger partial charge in [0.2, 0.25) is 0 Å². The zero-order chi connectivity index (χ0) is 25.2. The summed E-state index contributed by atoms with van der Waals surface area (Å²) >= 11 is 0. The van der Waals surface area contributed by atoms with E-state index in [9.17, 15) is 19.5 Å². The molecule has 0 aromatic heterocycles. The first-order valence-electron chi connectivity index (χ1n) is 12.0. The molecule has 1 heterocycles. The molecule has 1 unspecified atom stereocenters. The maximum atomic E-state index is 12.8. The number of alkyl carbamates (subject to hydrolysis) is 1. The molecular weight excluding hydrogens is 448 g/mol. The lowest BCUT2D eigenvalue weighted by Crippen LogP contribution is -2.51. The minimum absolute atomic E-state index is 0.0155. The molecule has 2 amide bonds. The van der Waals surface area contributed by atoms with E-state index in [-0.39, 0.29) is 18.4 Å². The van der Waals surface area contributed by atoms with Crippen molar-refractivity contribution in [1.29, 1.82) is 0 Å². The number of rotatable bonds is 5. The smallest absolute Gasteiger partial charge is 0.409 e. The van der Waals surface area contributed by atoms with Gasteiger partial charge in [-0.1, -0.05) is 48.5 Å². The number of aliphatic carboxylic acids is 1. The summed E-state index contributed by atoms with van der Waals surface area (Å²) in [4.78, 5) is 38.3. The molecule has 1 aliphatic carbocycles. The molecule has 186 valence electrons. The number of carbonyl (C=O) groups excluding carboxylic acids is 2. The number of carboxylic acid groups (broad SMARTS) is 1. The number of hydrogen-bond acceptors (Lipinski definition) is 5. The highest BCUT2D eigenvalue weighted by molar-refractivity contribution is 5.81. The molecular formula is C27H32N2O6. The van der Waals surface area contributed by atoms with Gasteiger partial charge >= 0.3 is 18.2 Å². The van der Waals surface area contributed by atoms with Crippen molar-refractivity contribution < 1.29 is 29.0 Å². The molecule has 0 radical (unpaired) electrons. The van der Waals surface area contributed by atoms with E-state index in [1.54, 1.807) is 25.7 Å². The van der Waals surface area contributed by atoms with Crippen LogP contribution in [-0.4, -0.2) is 59.5 Å². The van der Waals surface area contributed by atoms with Crippen LogP contribution in [0.2, 0.25) is 0 Å². The van der Waals surface area contributed by atoms with Gasteiger partial charge in [0, 0.05) is 19.0 Å². The highest BCUT2D eigenvalue weighted by Crippen LogP contribution is 2.44. The second kappa shape index (κ2) is 9.98. The molecule has 2 aliphatic rings. The molecule has 1 fully saturated rings. The van der Waals surface area contributed by atoms with E-state index < -0.39 is 29.8 Å². The third-order valence-electron chi connectivity index (χ3n) is 6.54. The Morgan fingerprint density at radius 2 is 1.54 bits per heavy atom. The van der Waals surface area contributed by atoms with Gasteiger partial charge in [-0.05, 0) is 61.8 Å². The summed E-state index contributed by atoms with van der Waals surface area (Å²) in [5.41, 5.74) is 3.92. The quantitative estimate of drug-likeness (QED) is 0.647. The molecule has 8 heteroatoms. The number of nitrogens with one attached hydrogen (secondary N) is 1. The van der Waals surface area contributed by atoms with E-state index in [4.69, 9.17) is 9.47 Å². The number of nitrogens with zero attached hydrogens (tertiary/aromatic N) is 1. The van der Waals surface area contributed by atoms with Gasteiger partial charge in [0.05, 0.1) is 0 Å². The van der Waals surface area contributed by atoms with Crippen LogP contribution >= 0.6 is 0 Å². The summed E-state index contributed by atoms with van der Waals surface area (Å²) in [7, 11) is 0. The minimum Gasteiger partial charge on any atom is -0.480 e. The Morgan fingerprint density at radius 3 is 2.06 bits per heavy atom. The van der Waals surface area contributed by atoms with Crippen molar-refractivity contribution in [3.05, 3.63) is 59.7 Å². The Morgan fingerprint density at radius 1 is 1.00 bits per heavy atom. The highest BCUT2D eigenvalue weighted by Gasteiger charge is 2.36.